The number of likely N-dealkylation sites (N-methyl/N-ethyl adjacent to an activating group) is 1. The molecule has 1 rings (SSSR count). The van der Waals surface area contributed by atoms with Crippen LogP contribution in [0.3, 0.4) is 0 Å². The molecule has 14 heavy (non-hydrogen) atoms. The van der Waals surface area contributed by atoms with Gasteiger partial charge >= 0.3 is 0 Å². The van der Waals surface area contributed by atoms with Crippen LogP contribution in [-0.2, 0) is 4.79 Å². The zero-order valence-electron chi connectivity index (χ0n) is 7.78. The van der Waals surface area contributed by atoms with Gasteiger partial charge in [-0.05, 0) is 19.1 Å². The fourth-order valence-electron chi connectivity index (χ4n) is 0.920. The quantitative estimate of drug-likeness (QED) is 0.577. The Bertz CT molecular complexity index is 371. The Hall–Kier alpha value is -2.02. The Morgan fingerprint density at radius 1 is 1.79 bits per heavy atom. The predicted molar refractivity (Wildman–Crippen MR) is 51.0 cm³/mol. The van der Waals surface area contributed by atoms with Gasteiger partial charge in [0.2, 0.25) is 0 Å². The Labute approximate surface area is 81.8 Å². The van der Waals surface area contributed by atoms with Gasteiger partial charge in [-0.25, -0.2) is 0 Å². The average molecular weight is 190 g/mol. The molecule has 1 heterocycles. The largest absolute Gasteiger partial charge is 0.465 e. The maximum atomic E-state index is 11.3. The van der Waals surface area contributed by atoms with Crippen LogP contribution in [0.4, 0.5) is 0 Å². The van der Waals surface area contributed by atoms with E-state index in [2.05, 4.69) is 5.32 Å². The lowest BCUT2D eigenvalue weighted by molar-refractivity contribution is -0.116. The number of nitriles is 1. The molecule has 0 fully saturated rings. The van der Waals surface area contributed by atoms with Crippen molar-refractivity contribution in [3.63, 3.8) is 0 Å². The van der Waals surface area contributed by atoms with Gasteiger partial charge < -0.3 is 9.73 Å². The van der Waals surface area contributed by atoms with Crippen molar-refractivity contribution in [2.24, 2.45) is 0 Å². The summed E-state index contributed by atoms with van der Waals surface area (Å²) in [6.07, 6.45) is 2.89. The topological polar surface area (TPSA) is 66.0 Å². The van der Waals surface area contributed by atoms with Crippen molar-refractivity contribution < 1.29 is 9.21 Å². The van der Waals surface area contributed by atoms with Gasteiger partial charge in [-0.2, -0.15) is 5.26 Å². The number of nitrogens with zero attached hydrogens (tertiary/aromatic N) is 1. The summed E-state index contributed by atoms with van der Waals surface area (Å²) in [7, 11) is 0. The van der Waals surface area contributed by atoms with Gasteiger partial charge in [0.05, 0.1) is 6.26 Å². The minimum atomic E-state index is -0.383. The lowest BCUT2D eigenvalue weighted by Crippen LogP contribution is -2.23. The standard InChI is InChI=1S/C10H10N2O2/c1-2-12-10(13)8(7-11)6-9-4-3-5-14-9/h3-6H,2H2,1H3,(H,12,13)/b8-6+. The van der Waals surface area contributed by atoms with Crippen molar-refractivity contribution in [1.82, 2.24) is 5.32 Å². The Kier molecular flexibility index (Phi) is 3.50. The third kappa shape index (κ3) is 2.49. The summed E-state index contributed by atoms with van der Waals surface area (Å²) in [6.45, 7) is 2.29. The van der Waals surface area contributed by atoms with E-state index in [1.54, 1.807) is 19.1 Å². The first kappa shape index (κ1) is 10.1. The molecular formula is C10H10N2O2. The molecule has 0 radical (unpaired) electrons. The number of hydrogen-bond acceptors (Lipinski definition) is 3. The van der Waals surface area contributed by atoms with Crippen LogP contribution < -0.4 is 5.32 Å². The molecule has 72 valence electrons. The molecule has 1 aromatic heterocycles. The van der Waals surface area contributed by atoms with E-state index >= 15 is 0 Å². The van der Waals surface area contributed by atoms with Crippen LogP contribution >= 0.6 is 0 Å². The minimum Gasteiger partial charge on any atom is -0.465 e. The third-order valence-electron chi connectivity index (χ3n) is 1.53. The van der Waals surface area contributed by atoms with E-state index in [1.165, 1.54) is 12.3 Å². The van der Waals surface area contributed by atoms with Crippen LogP contribution in [-0.4, -0.2) is 12.5 Å². The second-order valence-corrected chi connectivity index (χ2v) is 2.54. The summed E-state index contributed by atoms with van der Waals surface area (Å²) in [5, 5.41) is 11.2. The monoisotopic (exact) mass is 190 g/mol. The van der Waals surface area contributed by atoms with E-state index in [-0.39, 0.29) is 11.5 Å². The minimum absolute atomic E-state index is 0.0433. The highest BCUT2D eigenvalue weighted by molar-refractivity contribution is 6.01. The van der Waals surface area contributed by atoms with Crippen LogP contribution in [0, 0.1) is 11.3 Å². The van der Waals surface area contributed by atoms with Gasteiger partial charge in [0, 0.05) is 12.6 Å². The smallest absolute Gasteiger partial charge is 0.262 e. The maximum absolute atomic E-state index is 11.3. The molecule has 1 aromatic rings. The zero-order chi connectivity index (χ0) is 10.4. The highest BCUT2D eigenvalue weighted by atomic mass is 16.3. The van der Waals surface area contributed by atoms with Gasteiger partial charge in [0.1, 0.15) is 17.4 Å². The summed E-state index contributed by atoms with van der Waals surface area (Å²) in [5.41, 5.74) is 0.0433. The first-order valence-electron chi connectivity index (χ1n) is 4.21. The molecule has 1 amide bonds. The summed E-state index contributed by atoms with van der Waals surface area (Å²) >= 11 is 0. The first-order valence-corrected chi connectivity index (χ1v) is 4.21. The molecule has 0 saturated carbocycles. The Morgan fingerprint density at radius 2 is 2.57 bits per heavy atom. The van der Waals surface area contributed by atoms with Gasteiger partial charge in [-0.3, -0.25) is 4.79 Å². The lowest BCUT2D eigenvalue weighted by Gasteiger charge is -1.97. The van der Waals surface area contributed by atoms with Crippen molar-refractivity contribution in [3.05, 3.63) is 29.7 Å². The van der Waals surface area contributed by atoms with Crippen LogP contribution in [0.25, 0.3) is 6.08 Å². The second-order valence-electron chi connectivity index (χ2n) is 2.54. The number of rotatable bonds is 3. The summed E-state index contributed by atoms with van der Waals surface area (Å²) in [6, 6.07) is 5.18. The Morgan fingerprint density at radius 3 is 3.07 bits per heavy atom. The number of furan rings is 1. The van der Waals surface area contributed by atoms with Crippen molar-refractivity contribution >= 4 is 12.0 Å². The number of nitrogens with one attached hydrogen (secondary N) is 1. The zero-order valence-corrected chi connectivity index (χ0v) is 7.78. The molecule has 0 aromatic carbocycles. The summed E-state index contributed by atoms with van der Waals surface area (Å²) in [5.74, 6) is 0.110. The van der Waals surface area contributed by atoms with Crippen molar-refractivity contribution in [2.45, 2.75) is 6.92 Å². The average Bonchev–Trinajstić information content (AvgIpc) is 2.66. The van der Waals surface area contributed by atoms with Crippen molar-refractivity contribution in [1.29, 1.82) is 5.26 Å². The predicted octanol–water partition coefficient (Wildman–Crippen LogP) is 1.32. The molecule has 0 unspecified atom stereocenters. The number of hydrogen-bond donors (Lipinski definition) is 1. The normalized spacial score (nSPS) is 10.7. The molecule has 0 spiro atoms. The maximum Gasteiger partial charge on any atom is 0.262 e. The van der Waals surface area contributed by atoms with Crippen molar-refractivity contribution in [3.8, 4) is 6.07 Å². The highest BCUT2D eigenvalue weighted by Crippen LogP contribution is 2.06. The number of amides is 1. The summed E-state index contributed by atoms with van der Waals surface area (Å²) < 4.78 is 4.99. The van der Waals surface area contributed by atoms with E-state index in [0.29, 0.717) is 12.3 Å². The van der Waals surface area contributed by atoms with E-state index in [4.69, 9.17) is 9.68 Å². The Balaban J connectivity index is 2.83. The SMILES string of the molecule is CCNC(=O)/C(C#N)=C/c1ccco1. The molecular weight excluding hydrogens is 180 g/mol. The first-order chi connectivity index (χ1) is 6.77. The molecule has 0 saturated heterocycles. The lowest BCUT2D eigenvalue weighted by atomic mass is 10.2. The number of carbonyl (C=O) groups excluding carboxylic acids is 1. The summed E-state index contributed by atoms with van der Waals surface area (Å²) in [4.78, 5) is 11.3. The highest BCUT2D eigenvalue weighted by Gasteiger charge is 2.07. The van der Waals surface area contributed by atoms with E-state index in [9.17, 15) is 4.79 Å². The van der Waals surface area contributed by atoms with Gasteiger partial charge in [-0.15, -0.1) is 0 Å². The molecule has 4 heteroatoms. The second kappa shape index (κ2) is 4.87. The molecule has 0 bridgehead atoms. The van der Waals surface area contributed by atoms with Gasteiger partial charge in [-0.1, -0.05) is 0 Å². The van der Waals surface area contributed by atoms with E-state index in [1.807, 2.05) is 6.07 Å². The van der Waals surface area contributed by atoms with Crippen molar-refractivity contribution in [2.75, 3.05) is 6.54 Å². The van der Waals surface area contributed by atoms with Crippen LogP contribution in [0.5, 0.6) is 0 Å². The van der Waals surface area contributed by atoms with E-state index < -0.39 is 0 Å². The molecule has 0 aliphatic carbocycles. The van der Waals surface area contributed by atoms with Crippen LogP contribution in [0.1, 0.15) is 12.7 Å². The molecule has 0 atom stereocenters. The third-order valence-corrected chi connectivity index (χ3v) is 1.53. The molecule has 0 aliphatic heterocycles. The van der Waals surface area contributed by atoms with E-state index in [0.717, 1.165) is 0 Å². The molecule has 0 aliphatic rings. The van der Waals surface area contributed by atoms with Gasteiger partial charge in [0.15, 0.2) is 0 Å². The number of carbonyl (C=O) groups is 1. The molecule has 1 N–H and O–H groups in total. The molecule has 4 nitrogen and oxygen atoms in total. The van der Waals surface area contributed by atoms with Gasteiger partial charge in [0.25, 0.3) is 5.91 Å². The van der Waals surface area contributed by atoms with Crippen LogP contribution in [0.2, 0.25) is 0 Å². The fraction of sp³-hybridized carbons (Fsp3) is 0.200. The van der Waals surface area contributed by atoms with Crippen LogP contribution in [0.15, 0.2) is 28.4 Å². The fourth-order valence-corrected chi connectivity index (χ4v) is 0.920.